The van der Waals surface area contributed by atoms with E-state index in [-0.39, 0.29) is 0 Å². The highest BCUT2D eigenvalue weighted by Gasteiger charge is 2.12. The van der Waals surface area contributed by atoms with Gasteiger partial charge in [-0.15, -0.1) is 0 Å². The monoisotopic (exact) mass is 386 g/mol. The lowest BCUT2D eigenvalue weighted by atomic mass is 10.1. The van der Waals surface area contributed by atoms with Crippen LogP contribution in [0.1, 0.15) is 30.9 Å². The van der Waals surface area contributed by atoms with E-state index in [4.69, 9.17) is 17.0 Å². The van der Waals surface area contributed by atoms with Crippen LogP contribution in [0.3, 0.4) is 0 Å². The number of ether oxygens (including phenoxy) is 1. The van der Waals surface area contributed by atoms with Crippen LogP contribution in [-0.2, 0) is 4.74 Å². The molecule has 7 heteroatoms. The highest BCUT2D eigenvalue weighted by atomic mass is 32.1. The third-order valence-corrected chi connectivity index (χ3v) is 4.34. The number of aryl methyl sites for hydroxylation is 1. The maximum atomic E-state index is 9.40. The molecule has 0 aliphatic rings. The van der Waals surface area contributed by atoms with Gasteiger partial charge in [0.1, 0.15) is 17.1 Å². The summed E-state index contributed by atoms with van der Waals surface area (Å²) in [5.74, 6) is 0.755. The molecular weight excluding hydrogens is 358 g/mol. The molecular formula is C20H28N5OS+. The highest BCUT2D eigenvalue weighted by molar-refractivity contribution is 7.80. The lowest BCUT2D eigenvalue weighted by Gasteiger charge is -2.10. The van der Waals surface area contributed by atoms with Gasteiger partial charge in [-0.1, -0.05) is 11.6 Å². The van der Waals surface area contributed by atoms with Gasteiger partial charge in [0.15, 0.2) is 5.11 Å². The molecule has 0 saturated heterocycles. The van der Waals surface area contributed by atoms with E-state index in [1.165, 1.54) is 5.56 Å². The van der Waals surface area contributed by atoms with E-state index in [9.17, 15) is 5.26 Å². The number of aromatic amines is 1. The first kappa shape index (κ1) is 20.9. The van der Waals surface area contributed by atoms with Crippen LogP contribution < -0.4 is 20.9 Å². The summed E-state index contributed by atoms with van der Waals surface area (Å²) in [7, 11) is 0. The van der Waals surface area contributed by atoms with Gasteiger partial charge in [-0.25, -0.2) is 4.98 Å². The van der Waals surface area contributed by atoms with Crippen molar-refractivity contribution in [2.24, 2.45) is 0 Å². The lowest BCUT2D eigenvalue weighted by Crippen LogP contribution is -2.37. The van der Waals surface area contributed by atoms with E-state index in [0.29, 0.717) is 10.7 Å². The minimum Gasteiger partial charge on any atom is -0.382 e. The topological polar surface area (TPSA) is 83.2 Å². The van der Waals surface area contributed by atoms with Crippen molar-refractivity contribution in [3.63, 3.8) is 0 Å². The standard InChI is InChI=1S/C20H27N5OS/c1-3-26-11-5-10-24-20(27)23-9-4-8-22-19-17(14-21)13-16-12-15(2)6-7-18(16)25-19/h6-7,12-13H,3-5,8-11H2,1-2H3,(H,22,25)(H2,23,24,27)/p+1. The Hall–Kier alpha value is -2.43. The second kappa shape index (κ2) is 11.3. The number of hydrogen-bond donors (Lipinski definition) is 3. The summed E-state index contributed by atoms with van der Waals surface area (Å²) in [4.78, 5) is 3.31. The summed E-state index contributed by atoms with van der Waals surface area (Å²) in [6.45, 7) is 7.84. The maximum Gasteiger partial charge on any atom is 0.290 e. The molecule has 1 aromatic carbocycles. The summed E-state index contributed by atoms with van der Waals surface area (Å²) in [6.07, 6.45) is 1.82. The second-order valence-electron chi connectivity index (χ2n) is 6.27. The van der Waals surface area contributed by atoms with Crippen molar-refractivity contribution in [2.45, 2.75) is 26.7 Å². The van der Waals surface area contributed by atoms with E-state index < -0.39 is 0 Å². The average Bonchev–Trinajstić information content (AvgIpc) is 2.67. The number of benzene rings is 1. The van der Waals surface area contributed by atoms with Crippen molar-refractivity contribution in [3.8, 4) is 6.07 Å². The number of anilines is 1. The summed E-state index contributed by atoms with van der Waals surface area (Å²) in [5.41, 5.74) is 2.80. The fraction of sp³-hybridized carbons (Fsp3) is 0.450. The normalized spacial score (nSPS) is 10.4. The van der Waals surface area contributed by atoms with Gasteiger partial charge < -0.3 is 15.4 Å². The van der Waals surface area contributed by atoms with Crippen LogP contribution in [0.5, 0.6) is 0 Å². The van der Waals surface area contributed by atoms with Crippen molar-refractivity contribution in [2.75, 3.05) is 38.2 Å². The average molecular weight is 387 g/mol. The van der Waals surface area contributed by atoms with Crippen LogP contribution in [-0.4, -0.2) is 38.0 Å². The van der Waals surface area contributed by atoms with Gasteiger partial charge in [-0.2, -0.15) is 5.26 Å². The minimum atomic E-state index is 0.618. The van der Waals surface area contributed by atoms with Crippen LogP contribution in [0.25, 0.3) is 10.9 Å². The van der Waals surface area contributed by atoms with Crippen LogP contribution in [0.2, 0.25) is 0 Å². The smallest absolute Gasteiger partial charge is 0.290 e. The number of hydrogen-bond acceptors (Lipinski definition) is 4. The number of fused-ring (bicyclic) bond motifs is 1. The van der Waals surface area contributed by atoms with E-state index in [1.54, 1.807) is 0 Å². The number of H-pyrrole nitrogens is 1. The zero-order valence-corrected chi connectivity index (χ0v) is 16.8. The highest BCUT2D eigenvalue weighted by Crippen LogP contribution is 2.17. The molecule has 0 spiro atoms. The van der Waals surface area contributed by atoms with Gasteiger partial charge in [0.25, 0.3) is 5.82 Å². The molecule has 0 radical (unpaired) electrons. The second-order valence-corrected chi connectivity index (χ2v) is 6.68. The van der Waals surface area contributed by atoms with Gasteiger partial charge >= 0.3 is 0 Å². The molecule has 2 aromatic rings. The van der Waals surface area contributed by atoms with Crippen molar-refractivity contribution in [3.05, 3.63) is 35.4 Å². The Morgan fingerprint density at radius 1 is 1.19 bits per heavy atom. The van der Waals surface area contributed by atoms with Crippen LogP contribution in [0.15, 0.2) is 24.3 Å². The van der Waals surface area contributed by atoms with Crippen molar-refractivity contribution >= 4 is 34.1 Å². The van der Waals surface area contributed by atoms with Crippen molar-refractivity contribution in [1.29, 1.82) is 5.26 Å². The molecule has 2 rings (SSSR count). The summed E-state index contributed by atoms with van der Waals surface area (Å²) in [6, 6.07) is 10.3. The van der Waals surface area contributed by atoms with Crippen molar-refractivity contribution in [1.82, 2.24) is 10.6 Å². The van der Waals surface area contributed by atoms with E-state index in [2.05, 4.69) is 39.1 Å². The Labute approximate surface area is 166 Å². The summed E-state index contributed by atoms with van der Waals surface area (Å²) in [5, 5.41) is 20.8. The Morgan fingerprint density at radius 2 is 1.96 bits per heavy atom. The molecule has 0 aliphatic heterocycles. The summed E-state index contributed by atoms with van der Waals surface area (Å²) < 4.78 is 5.28. The van der Waals surface area contributed by atoms with E-state index in [0.717, 1.165) is 62.4 Å². The Balaban J connectivity index is 1.73. The molecule has 0 unspecified atom stereocenters. The number of nitriles is 1. The van der Waals surface area contributed by atoms with E-state index >= 15 is 0 Å². The molecule has 1 heterocycles. The Bertz CT molecular complexity index is 803. The minimum absolute atomic E-state index is 0.618. The first-order valence-electron chi connectivity index (χ1n) is 9.34. The summed E-state index contributed by atoms with van der Waals surface area (Å²) >= 11 is 5.25. The number of pyridine rings is 1. The molecule has 1 aromatic heterocycles. The van der Waals surface area contributed by atoms with Crippen LogP contribution in [0, 0.1) is 18.3 Å². The first-order valence-corrected chi connectivity index (χ1v) is 9.75. The number of nitrogens with one attached hydrogen (secondary N) is 4. The first-order chi connectivity index (χ1) is 13.1. The van der Waals surface area contributed by atoms with Gasteiger partial charge in [0, 0.05) is 38.1 Å². The van der Waals surface area contributed by atoms with Gasteiger partial charge in [0.05, 0.1) is 6.54 Å². The quantitative estimate of drug-likeness (QED) is 0.430. The molecule has 0 fully saturated rings. The van der Waals surface area contributed by atoms with Gasteiger partial charge in [-0.05, 0) is 50.7 Å². The Morgan fingerprint density at radius 3 is 2.70 bits per heavy atom. The number of rotatable bonds is 10. The lowest BCUT2D eigenvalue weighted by molar-refractivity contribution is -0.327. The molecule has 0 atom stereocenters. The number of nitrogens with zero attached hydrogens (tertiary/aromatic N) is 1. The zero-order chi connectivity index (χ0) is 19.5. The molecule has 4 N–H and O–H groups in total. The fourth-order valence-electron chi connectivity index (χ4n) is 2.66. The Kier molecular flexibility index (Phi) is 8.75. The largest absolute Gasteiger partial charge is 0.382 e. The van der Waals surface area contributed by atoms with Gasteiger partial charge in [-0.3, -0.25) is 5.32 Å². The SMILES string of the molecule is CCOCCCNC(=S)NCCCNc1[nH+]c2ccc(C)cc2cc1C#N. The molecule has 0 aliphatic carbocycles. The zero-order valence-electron chi connectivity index (χ0n) is 16.0. The predicted octanol–water partition coefficient (Wildman–Crippen LogP) is 2.53. The molecule has 0 saturated carbocycles. The van der Waals surface area contributed by atoms with Crippen molar-refractivity contribution < 1.29 is 9.72 Å². The maximum absolute atomic E-state index is 9.40. The van der Waals surface area contributed by atoms with Gasteiger partial charge in [0.2, 0.25) is 0 Å². The number of aromatic nitrogens is 1. The molecule has 0 amide bonds. The molecule has 6 nitrogen and oxygen atoms in total. The predicted molar refractivity (Wildman–Crippen MR) is 113 cm³/mol. The molecule has 0 bridgehead atoms. The third kappa shape index (κ3) is 7.00. The fourth-order valence-corrected chi connectivity index (χ4v) is 2.86. The molecule has 27 heavy (non-hydrogen) atoms. The van der Waals surface area contributed by atoms with Crippen LogP contribution in [0.4, 0.5) is 5.82 Å². The van der Waals surface area contributed by atoms with E-state index in [1.807, 2.05) is 26.0 Å². The number of thiocarbonyl (C=S) groups is 1. The van der Waals surface area contributed by atoms with Crippen LogP contribution >= 0.6 is 12.2 Å². The molecule has 144 valence electrons. The third-order valence-electron chi connectivity index (χ3n) is 4.05.